The molecule has 2 aliphatic carbocycles. The van der Waals surface area contributed by atoms with E-state index in [1.54, 1.807) is 0 Å². The second kappa shape index (κ2) is 4.49. The molecule has 1 aromatic rings. The minimum Gasteiger partial charge on any atom is -0.384 e. The van der Waals surface area contributed by atoms with Gasteiger partial charge in [0, 0.05) is 16.7 Å². The van der Waals surface area contributed by atoms with Crippen LogP contribution < -0.4 is 5.32 Å². The zero-order valence-corrected chi connectivity index (χ0v) is 11.7. The van der Waals surface area contributed by atoms with Gasteiger partial charge in [-0.3, -0.25) is 0 Å². The summed E-state index contributed by atoms with van der Waals surface area (Å²) in [5.74, 6) is 2.53. The topological polar surface area (TPSA) is 12.0 Å². The Morgan fingerprint density at radius 2 is 2.18 bits per heavy atom. The number of hydrogen-bond donors (Lipinski definition) is 1. The first kappa shape index (κ1) is 11.3. The Labute approximate surface area is 111 Å². The van der Waals surface area contributed by atoms with Crippen LogP contribution in [0.15, 0.2) is 34.8 Å². The average molecular weight is 292 g/mol. The molecule has 2 aliphatic rings. The van der Waals surface area contributed by atoms with Gasteiger partial charge in [0.1, 0.15) is 0 Å². The second-order valence-electron chi connectivity index (χ2n) is 5.36. The van der Waals surface area contributed by atoms with Crippen LogP contribution in [0.5, 0.6) is 0 Å². The Kier molecular flexibility index (Phi) is 2.99. The van der Waals surface area contributed by atoms with Crippen molar-refractivity contribution in [2.75, 3.05) is 11.9 Å². The summed E-state index contributed by atoms with van der Waals surface area (Å²) in [4.78, 5) is 0. The first-order valence-electron chi connectivity index (χ1n) is 6.41. The van der Waals surface area contributed by atoms with Crippen LogP contribution >= 0.6 is 15.9 Å². The van der Waals surface area contributed by atoms with Crippen molar-refractivity contribution in [2.45, 2.75) is 19.8 Å². The standard InChI is InChI=1S/C15H18BrN/c1-10-3-2-4-14(15(10)16)17-9-13-8-11-5-6-12(13)7-11/h2-6,11-13,17H,7-9H2,1H3. The van der Waals surface area contributed by atoms with Gasteiger partial charge in [-0.05, 0) is 65.1 Å². The van der Waals surface area contributed by atoms with Crippen LogP contribution in [-0.2, 0) is 0 Å². The smallest absolute Gasteiger partial charge is 0.0487 e. The third-order valence-corrected chi connectivity index (χ3v) is 5.22. The average Bonchev–Trinajstić information content (AvgIpc) is 2.93. The number of anilines is 1. The molecule has 1 N–H and O–H groups in total. The van der Waals surface area contributed by atoms with E-state index in [4.69, 9.17) is 0 Å². The van der Waals surface area contributed by atoms with Gasteiger partial charge in [-0.25, -0.2) is 0 Å². The van der Waals surface area contributed by atoms with Gasteiger partial charge < -0.3 is 5.32 Å². The molecule has 0 spiro atoms. The quantitative estimate of drug-likeness (QED) is 0.815. The van der Waals surface area contributed by atoms with Crippen molar-refractivity contribution in [3.63, 3.8) is 0 Å². The van der Waals surface area contributed by atoms with Crippen molar-refractivity contribution in [3.8, 4) is 0 Å². The highest BCUT2D eigenvalue weighted by molar-refractivity contribution is 9.10. The molecule has 1 saturated carbocycles. The Bertz CT molecular complexity index is 452. The molecule has 17 heavy (non-hydrogen) atoms. The zero-order chi connectivity index (χ0) is 11.8. The van der Waals surface area contributed by atoms with E-state index in [0.717, 1.165) is 24.3 Å². The number of halogens is 1. The summed E-state index contributed by atoms with van der Waals surface area (Å²) >= 11 is 3.65. The molecule has 0 aromatic heterocycles. The van der Waals surface area contributed by atoms with Crippen molar-refractivity contribution in [1.82, 2.24) is 0 Å². The van der Waals surface area contributed by atoms with Crippen molar-refractivity contribution in [1.29, 1.82) is 0 Å². The van der Waals surface area contributed by atoms with E-state index in [2.05, 4.69) is 58.5 Å². The Morgan fingerprint density at radius 3 is 2.88 bits per heavy atom. The number of nitrogens with one attached hydrogen (secondary N) is 1. The fourth-order valence-electron chi connectivity index (χ4n) is 3.15. The van der Waals surface area contributed by atoms with Gasteiger partial charge in [-0.15, -0.1) is 0 Å². The van der Waals surface area contributed by atoms with Gasteiger partial charge in [0.05, 0.1) is 0 Å². The van der Waals surface area contributed by atoms with Crippen LogP contribution in [0.25, 0.3) is 0 Å². The summed E-state index contributed by atoms with van der Waals surface area (Å²) < 4.78 is 1.21. The molecule has 0 aliphatic heterocycles. The number of aryl methyl sites for hydroxylation is 1. The van der Waals surface area contributed by atoms with E-state index in [0.29, 0.717) is 0 Å². The van der Waals surface area contributed by atoms with Crippen LogP contribution in [0.4, 0.5) is 5.69 Å². The van der Waals surface area contributed by atoms with Crippen LogP contribution in [0.1, 0.15) is 18.4 Å². The molecular formula is C15H18BrN. The van der Waals surface area contributed by atoms with Crippen LogP contribution in [-0.4, -0.2) is 6.54 Å². The molecule has 0 heterocycles. The molecule has 1 nitrogen and oxygen atoms in total. The summed E-state index contributed by atoms with van der Waals surface area (Å²) in [5, 5.41) is 3.60. The minimum atomic E-state index is 0.830. The van der Waals surface area contributed by atoms with Crippen LogP contribution in [0.3, 0.4) is 0 Å². The third kappa shape index (κ3) is 2.15. The van der Waals surface area contributed by atoms with E-state index in [-0.39, 0.29) is 0 Å². The molecule has 3 atom stereocenters. The zero-order valence-electron chi connectivity index (χ0n) is 10.1. The van der Waals surface area contributed by atoms with Crippen molar-refractivity contribution >= 4 is 21.6 Å². The Balaban J connectivity index is 1.65. The fraction of sp³-hybridized carbons (Fsp3) is 0.467. The van der Waals surface area contributed by atoms with Crippen LogP contribution in [0, 0.1) is 24.7 Å². The molecule has 2 bridgehead atoms. The molecule has 0 saturated heterocycles. The van der Waals surface area contributed by atoms with Crippen molar-refractivity contribution in [3.05, 3.63) is 40.4 Å². The summed E-state index contributed by atoms with van der Waals surface area (Å²) in [6, 6.07) is 6.40. The Morgan fingerprint density at radius 1 is 1.29 bits per heavy atom. The normalized spacial score (nSPS) is 29.9. The maximum atomic E-state index is 3.65. The van der Waals surface area contributed by atoms with Gasteiger partial charge >= 0.3 is 0 Å². The highest BCUT2D eigenvalue weighted by Gasteiger charge is 2.35. The van der Waals surface area contributed by atoms with Crippen molar-refractivity contribution < 1.29 is 0 Å². The van der Waals surface area contributed by atoms with Gasteiger partial charge in [0.15, 0.2) is 0 Å². The van der Waals surface area contributed by atoms with Crippen molar-refractivity contribution in [2.24, 2.45) is 17.8 Å². The number of allylic oxidation sites excluding steroid dienone is 2. The van der Waals surface area contributed by atoms with E-state index < -0.39 is 0 Å². The predicted octanol–water partition coefficient (Wildman–Crippen LogP) is 4.38. The van der Waals surface area contributed by atoms with Gasteiger partial charge in [-0.2, -0.15) is 0 Å². The highest BCUT2D eigenvalue weighted by atomic mass is 79.9. The molecule has 3 unspecified atom stereocenters. The van der Waals surface area contributed by atoms with Gasteiger partial charge in [0.25, 0.3) is 0 Å². The first-order chi connectivity index (χ1) is 8.24. The summed E-state index contributed by atoms with van der Waals surface area (Å²) in [7, 11) is 0. The lowest BCUT2D eigenvalue weighted by Crippen LogP contribution is -2.18. The number of rotatable bonds is 3. The van der Waals surface area contributed by atoms with E-state index >= 15 is 0 Å². The van der Waals surface area contributed by atoms with E-state index in [1.807, 2.05) is 0 Å². The first-order valence-corrected chi connectivity index (χ1v) is 7.20. The largest absolute Gasteiger partial charge is 0.384 e. The van der Waals surface area contributed by atoms with E-state index in [1.165, 1.54) is 28.6 Å². The van der Waals surface area contributed by atoms with Gasteiger partial charge in [0.2, 0.25) is 0 Å². The monoisotopic (exact) mass is 291 g/mol. The molecule has 2 heteroatoms. The third-order valence-electron chi connectivity index (χ3n) is 4.16. The molecule has 1 fully saturated rings. The lowest BCUT2D eigenvalue weighted by molar-refractivity contribution is 0.472. The molecule has 1 aromatic carbocycles. The Hall–Kier alpha value is -0.760. The summed E-state index contributed by atoms with van der Waals surface area (Å²) in [6.07, 6.45) is 7.59. The summed E-state index contributed by atoms with van der Waals surface area (Å²) in [6.45, 7) is 3.24. The second-order valence-corrected chi connectivity index (χ2v) is 6.15. The minimum absolute atomic E-state index is 0.830. The molecule has 90 valence electrons. The molecule has 0 radical (unpaired) electrons. The molecule has 0 amide bonds. The molecular weight excluding hydrogens is 274 g/mol. The number of benzene rings is 1. The SMILES string of the molecule is Cc1cccc(NCC2CC3C=CC2C3)c1Br. The number of hydrogen-bond acceptors (Lipinski definition) is 1. The fourth-order valence-corrected chi connectivity index (χ4v) is 3.56. The summed E-state index contributed by atoms with van der Waals surface area (Å²) in [5.41, 5.74) is 2.53. The maximum Gasteiger partial charge on any atom is 0.0487 e. The lowest BCUT2D eigenvalue weighted by atomic mass is 9.93. The molecule has 3 rings (SSSR count). The predicted molar refractivity (Wildman–Crippen MR) is 76.2 cm³/mol. The lowest BCUT2D eigenvalue weighted by Gasteiger charge is -2.20. The van der Waals surface area contributed by atoms with Crippen LogP contribution in [0.2, 0.25) is 0 Å². The number of fused-ring (bicyclic) bond motifs is 2. The van der Waals surface area contributed by atoms with Gasteiger partial charge in [-0.1, -0.05) is 24.3 Å². The maximum absolute atomic E-state index is 3.65. The van der Waals surface area contributed by atoms with E-state index in [9.17, 15) is 0 Å². The highest BCUT2D eigenvalue weighted by Crippen LogP contribution is 2.43.